The number of nitrogens with zero attached hydrogens (tertiary/aromatic N) is 4. The Morgan fingerprint density at radius 1 is 1.74 bits per heavy atom. The Morgan fingerprint density at radius 3 is 3.16 bits per heavy atom. The summed E-state index contributed by atoms with van der Waals surface area (Å²) in [6, 6.07) is 2.64. The Morgan fingerprint density at radius 2 is 2.53 bits per heavy atom. The van der Waals surface area contributed by atoms with Crippen molar-refractivity contribution in [3.05, 3.63) is 27.9 Å². The van der Waals surface area contributed by atoms with Crippen LogP contribution in [0.1, 0.15) is 5.56 Å². The highest BCUT2D eigenvalue weighted by Gasteiger charge is 2.29. The van der Waals surface area contributed by atoms with Crippen LogP contribution < -0.4 is 4.90 Å². The first-order chi connectivity index (χ1) is 9.17. The summed E-state index contributed by atoms with van der Waals surface area (Å²) in [6.45, 7) is 0.925. The zero-order valence-corrected chi connectivity index (χ0v) is 10.0. The van der Waals surface area contributed by atoms with Gasteiger partial charge in [-0.15, -0.1) is 0 Å². The summed E-state index contributed by atoms with van der Waals surface area (Å²) in [7, 11) is 0. The van der Waals surface area contributed by atoms with Crippen molar-refractivity contribution < 1.29 is 14.8 Å². The van der Waals surface area contributed by atoms with Crippen molar-refractivity contribution in [2.45, 2.75) is 6.04 Å². The molecule has 2 heterocycles. The van der Waals surface area contributed by atoms with Crippen molar-refractivity contribution in [3.63, 3.8) is 0 Å². The quantitative estimate of drug-likeness (QED) is 0.606. The third-order valence-electron chi connectivity index (χ3n) is 2.88. The lowest BCUT2D eigenvalue weighted by molar-refractivity contribution is -0.384. The van der Waals surface area contributed by atoms with Crippen molar-refractivity contribution in [3.8, 4) is 6.07 Å². The number of aliphatic hydroxyl groups is 1. The van der Waals surface area contributed by atoms with Gasteiger partial charge in [0.1, 0.15) is 6.07 Å². The van der Waals surface area contributed by atoms with Gasteiger partial charge in [-0.2, -0.15) is 5.26 Å². The molecule has 1 N–H and O–H groups in total. The average Bonchev–Trinajstić information content (AvgIpc) is 2.46. The van der Waals surface area contributed by atoms with Gasteiger partial charge >= 0.3 is 5.69 Å². The maximum atomic E-state index is 11.1. The van der Waals surface area contributed by atoms with Crippen LogP contribution >= 0.6 is 0 Å². The molecule has 100 valence electrons. The molecule has 0 radical (unpaired) electrons. The first kappa shape index (κ1) is 13.2. The van der Waals surface area contributed by atoms with E-state index in [0.717, 1.165) is 0 Å². The van der Waals surface area contributed by atoms with E-state index in [1.54, 1.807) is 4.90 Å². The lowest BCUT2D eigenvalue weighted by atomic mass is 10.2. The maximum Gasteiger partial charge on any atom is 0.312 e. The number of aromatic nitrogens is 1. The topological polar surface area (TPSA) is 113 Å². The van der Waals surface area contributed by atoms with Crippen LogP contribution in [0.4, 0.5) is 11.5 Å². The number of nitro groups is 1. The number of ether oxygens (including phenoxy) is 1. The molecule has 0 bridgehead atoms. The van der Waals surface area contributed by atoms with Gasteiger partial charge in [0.25, 0.3) is 0 Å². The number of pyridine rings is 1. The maximum absolute atomic E-state index is 11.1. The predicted octanol–water partition coefficient (Wildman–Crippen LogP) is 0.0590. The Balaban J connectivity index is 2.43. The fourth-order valence-electron chi connectivity index (χ4n) is 1.95. The molecule has 0 amide bonds. The van der Waals surface area contributed by atoms with Gasteiger partial charge in [0.2, 0.25) is 5.82 Å². The highest BCUT2D eigenvalue weighted by Crippen LogP contribution is 2.28. The molecule has 2 rings (SSSR count). The Kier molecular flexibility index (Phi) is 3.89. The van der Waals surface area contributed by atoms with E-state index in [1.807, 2.05) is 6.07 Å². The zero-order chi connectivity index (χ0) is 13.8. The molecule has 1 saturated heterocycles. The normalized spacial score (nSPS) is 18.9. The fraction of sp³-hybridized carbons (Fsp3) is 0.455. The fourth-order valence-corrected chi connectivity index (χ4v) is 1.95. The number of aliphatic hydroxyl groups excluding tert-OH is 1. The second kappa shape index (κ2) is 5.60. The highest BCUT2D eigenvalue weighted by atomic mass is 16.6. The molecule has 1 aromatic heterocycles. The molecule has 1 aliphatic heterocycles. The largest absolute Gasteiger partial charge is 0.394 e. The van der Waals surface area contributed by atoms with Crippen molar-refractivity contribution in [1.29, 1.82) is 5.26 Å². The molecular weight excluding hydrogens is 252 g/mol. The van der Waals surface area contributed by atoms with E-state index in [1.165, 1.54) is 12.3 Å². The molecule has 1 aromatic rings. The van der Waals surface area contributed by atoms with Crippen LogP contribution in [0.5, 0.6) is 0 Å². The smallest absolute Gasteiger partial charge is 0.312 e. The average molecular weight is 264 g/mol. The number of anilines is 1. The van der Waals surface area contributed by atoms with Crippen molar-refractivity contribution in [2.75, 3.05) is 31.3 Å². The molecular formula is C11H12N4O4. The van der Waals surface area contributed by atoms with E-state index in [-0.39, 0.29) is 36.3 Å². The molecule has 8 heteroatoms. The summed E-state index contributed by atoms with van der Waals surface area (Å²) in [5.41, 5.74) is -0.108. The third kappa shape index (κ3) is 2.62. The molecule has 0 saturated carbocycles. The minimum absolute atomic E-state index is 0.129. The number of rotatable bonds is 3. The van der Waals surface area contributed by atoms with Crippen LogP contribution in [0, 0.1) is 21.4 Å². The molecule has 1 unspecified atom stereocenters. The SMILES string of the molecule is N#Cc1cnc(N2CCOCC2CO)c([N+](=O)[O-])c1. The molecule has 1 aliphatic rings. The van der Waals surface area contributed by atoms with Gasteiger partial charge in [0.15, 0.2) is 0 Å². The van der Waals surface area contributed by atoms with E-state index in [4.69, 9.17) is 10.00 Å². The standard InChI is InChI=1S/C11H12N4O4/c12-4-8-3-10(15(17)18)11(13-5-8)14-1-2-19-7-9(14)6-16/h3,5,9,16H,1-2,6-7H2. The van der Waals surface area contributed by atoms with Crippen LogP contribution in [0.15, 0.2) is 12.3 Å². The lowest BCUT2D eigenvalue weighted by Gasteiger charge is -2.34. The van der Waals surface area contributed by atoms with Gasteiger partial charge in [-0.05, 0) is 0 Å². The third-order valence-corrected chi connectivity index (χ3v) is 2.88. The molecule has 1 fully saturated rings. The minimum atomic E-state index is -0.576. The predicted molar refractivity (Wildman–Crippen MR) is 64.6 cm³/mol. The molecule has 19 heavy (non-hydrogen) atoms. The number of morpholine rings is 1. The lowest BCUT2D eigenvalue weighted by Crippen LogP contribution is -2.48. The zero-order valence-electron chi connectivity index (χ0n) is 10.0. The van der Waals surface area contributed by atoms with E-state index in [2.05, 4.69) is 4.98 Å². The molecule has 0 aliphatic carbocycles. The van der Waals surface area contributed by atoms with Gasteiger partial charge in [-0.1, -0.05) is 0 Å². The second-order valence-electron chi connectivity index (χ2n) is 4.04. The number of nitriles is 1. The summed E-state index contributed by atoms with van der Waals surface area (Å²) in [4.78, 5) is 16.1. The molecule has 0 aromatic carbocycles. The monoisotopic (exact) mass is 264 g/mol. The van der Waals surface area contributed by atoms with Crippen molar-refractivity contribution in [2.24, 2.45) is 0 Å². The highest BCUT2D eigenvalue weighted by molar-refractivity contribution is 5.60. The van der Waals surface area contributed by atoms with Crippen LogP contribution in [0.2, 0.25) is 0 Å². The van der Waals surface area contributed by atoms with Gasteiger partial charge < -0.3 is 14.7 Å². The summed E-state index contributed by atoms with van der Waals surface area (Å²) < 4.78 is 5.22. The van der Waals surface area contributed by atoms with Gasteiger partial charge in [0.05, 0.1) is 36.3 Å². The first-order valence-electron chi connectivity index (χ1n) is 5.67. The van der Waals surface area contributed by atoms with Gasteiger partial charge in [-0.3, -0.25) is 10.1 Å². The Labute approximate surface area is 109 Å². The van der Waals surface area contributed by atoms with Crippen molar-refractivity contribution >= 4 is 11.5 Å². The van der Waals surface area contributed by atoms with E-state index >= 15 is 0 Å². The Hall–Kier alpha value is -2.24. The van der Waals surface area contributed by atoms with E-state index in [9.17, 15) is 15.2 Å². The second-order valence-corrected chi connectivity index (χ2v) is 4.04. The van der Waals surface area contributed by atoms with Crippen LogP contribution in [0.3, 0.4) is 0 Å². The van der Waals surface area contributed by atoms with Crippen LogP contribution in [-0.4, -0.2) is 47.4 Å². The minimum Gasteiger partial charge on any atom is -0.394 e. The van der Waals surface area contributed by atoms with Crippen molar-refractivity contribution in [1.82, 2.24) is 4.98 Å². The van der Waals surface area contributed by atoms with Crippen LogP contribution in [0.25, 0.3) is 0 Å². The van der Waals surface area contributed by atoms with Crippen LogP contribution in [-0.2, 0) is 4.74 Å². The van der Waals surface area contributed by atoms with E-state index < -0.39 is 4.92 Å². The number of hydrogen-bond acceptors (Lipinski definition) is 7. The molecule has 1 atom stereocenters. The first-order valence-corrected chi connectivity index (χ1v) is 5.67. The summed E-state index contributed by atoms with van der Waals surface area (Å²) in [6.07, 6.45) is 1.28. The molecule has 0 spiro atoms. The molecule has 8 nitrogen and oxygen atoms in total. The van der Waals surface area contributed by atoms with E-state index in [0.29, 0.717) is 13.2 Å². The summed E-state index contributed by atoms with van der Waals surface area (Å²) in [5, 5.41) is 29.1. The Bertz CT molecular complexity index is 528. The number of hydrogen-bond donors (Lipinski definition) is 1. The summed E-state index contributed by atoms with van der Waals surface area (Å²) >= 11 is 0. The summed E-state index contributed by atoms with van der Waals surface area (Å²) in [5.74, 6) is 0.159. The van der Waals surface area contributed by atoms with Gasteiger partial charge in [0, 0.05) is 18.8 Å². The van der Waals surface area contributed by atoms with Gasteiger partial charge in [-0.25, -0.2) is 4.98 Å².